The van der Waals surface area contributed by atoms with Crippen molar-refractivity contribution in [2.75, 3.05) is 19.0 Å². The summed E-state index contributed by atoms with van der Waals surface area (Å²) < 4.78 is 6.81. The lowest BCUT2D eigenvalue weighted by Crippen LogP contribution is -2.26. The molecule has 0 spiro atoms. The SMILES string of the molecule is COCCn1ncc(NCc2ccsc2)c(Br)c1=O. The zero-order valence-corrected chi connectivity index (χ0v) is 12.8. The van der Waals surface area contributed by atoms with Crippen LogP contribution in [0.4, 0.5) is 5.69 Å². The van der Waals surface area contributed by atoms with Gasteiger partial charge in [-0.25, -0.2) is 4.68 Å². The predicted molar refractivity (Wildman–Crippen MR) is 79.7 cm³/mol. The first-order valence-corrected chi connectivity index (χ1v) is 7.45. The zero-order valence-electron chi connectivity index (χ0n) is 10.4. The van der Waals surface area contributed by atoms with E-state index in [-0.39, 0.29) is 5.56 Å². The highest BCUT2D eigenvalue weighted by Crippen LogP contribution is 2.17. The van der Waals surface area contributed by atoms with Gasteiger partial charge in [0.1, 0.15) is 4.47 Å². The lowest BCUT2D eigenvalue weighted by Gasteiger charge is -2.09. The van der Waals surface area contributed by atoms with Crippen LogP contribution in [0.15, 0.2) is 32.3 Å². The summed E-state index contributed by atoms with van der Waals surface area (Å²) in [4.78, 5) is 12.0. The van der Waals surface area contributed by atoms with Crippen LogP contribution in [0.3, 0.4) is 0 Å². The standard InChI is InChI=1S/C12H14BrN3O2S/c1-18-4-3-16-12(17)11(13)10(7-15-16)14-6-9-2-5-19-8-9/h2,5,7-8,14H,3-4,6H2,1H3. The number of nitrogens with one attached hydrogen (secondary N) is 1. The maximum Gasteiger partial charge on any atom is 0.283 e. The Hall–Kier alpha value is -1.18. The van der Waals surface area contributed by atoms with Gasteiger partial charge in [0.15, 0.2) is 0 Å². The summed E-state index contributed by atoms with van der Waals surface area (Å²) in [5, 5.41) is 11.4. The molecule has 102 valence electrons. The van der Waals surface area contributed by atoms with Crippen molar-refractivity contribution in [1.82, 2.24) is 9.78 Å². The average Bonchev–Trinajstić information content (AvgIpc) is 2.92. The molecule has 0 saturated heterocycles. The summed E-state index contributed by atoms with van der Waals surface area (Å²) >= 11 is 4.96. The maximum atomic E-state index is 12.0. The smallest absolute Gasteiger partial charge is 0.283 e. The fourth-order valence-corrected chi connectivity index (χ4v) is 2.63. The second-order valence-electron chi connectivity index (χ2n) is 3.88. The molecule has 2 heterocycles. The molecule has 0 aliphatic rings. The molecular formula is C12H14BrN3O2S. The predicted octanol–water partition coefficient (Wildman–Crippen LogP) is 2.33. The van der Waals surface area contributed by atoms with Crippen LogP contribution in [0.2, 0.25) is 0 Å². The lowest BCUT2D eigenvalue weighted by molar-refractivity contribution is 0.181. The molecule has 1 N–H and O–H groups in total. The van der Waals surface area contributed by atoms with Gasteiger partial charge in [0.2, 0.25) is 0 Å². The summed E-state index contributed by atoms with van der Waals surface area (Å²) in [5.74, 6) is 0. The van der Waals surface area contributed by atoms with Crippen LogP contribution in [0.1, 0.15) is 5.56 Å². The number of thiophene rings is 1. The first-order valence-electron chi connectivity index (χ1n) is 5.72. The van der Waals surface area contributed by atoms with Gasteiger partial charge in [-0.3, -0.25) is 4.79 Å². The van der Waals surface area contributed by atoms with Gasteiger partial charge >= 0.3 is 0 Å². The van der Waals surface area contributed by atoms with Gasteiger partial charge in [0.25, 0.3) is 5.56 Å². The topological polar surface area (TPSA) is 56.1 Å². The summed E-state index contributed by atoms with van der Waals surface area (Å²) in [7, 11) is 1.59. The Labute approximate surface area is 123 Å². The van der Waals surface area contributed by atoms with Gasteiger partial charge in [-0.1, -0.05) is 0 Å². The molecule has 19 heavy (non-hydrogen) atoms. The molecule has 0 aliphatic heterocycles. The second-order valence-corrected chi connectivity index (χ2v) is 5.45. The van der Waals surface area contributed by atoms with E-state index < -0.39 is 0 Å². The third-order valence-corrected chi connectivity index (χ3v) is 4.05. The Kier molecular flexibility index (Phi) is 5.12. The third kappa shape index (κ3) is 3.65. The van der Waals surface area contributed by atoms with Crippen LogP contribution < -0.4 is 10.9 Å². The van der Waals surface area contributed by atoms with E-state index in [0.29, 0.717) is 29.9 Å². The summed E-state index contributed by atoms with van der Waals surface area (Å²) in [5.41, 5.74) is 1.72. The first kappa shape index (κ1) is 14.2. The van der Waals surface area contributed by atoms with Crippen LogP contribution in [0.25, 0.3) is 0 Å². The Balaban J connectivity index is 2.09. The number of anilines is 1. The fourth-order valence-electron chi connectivity index (χ4n) is 1.52. The Morgan fingerprint density at radius 3 is 3.11 bits per heavy atom. The average molecular weight is 344 g/mol. The molecule has 0 amide bonds. The van der Waals surface area contributed by atoms with Crippen molar-refractivity contribution >= 4 is 33.0 Å². The molecule has 0 fully saturated rings. The summed E-state index contributed by atoms with van der Waals surface area (Å²) in [6.07, 6.45) is 1.65. The van der Waals surface area contributed by atoms with E-state index in [4.69, 9.17) is 4.74 Å². The number of methoxy groups -OCH3 is 1. The normalized spacial score (nSPS) is 10.6. The van der Waals surface area contributed by atoms with Crippen LogP contribution in [-0.4, -0.2) is 23.5 Å². The molecule has 0 unspecified atom stereocenters. The zero-order chi connectivity index (χ0) is 13.7. The molecule has 2 aromatic rings. The van der Waals surface area contributed by atoms with Crippen LogP contribution in [0, 0.1) is 0 Å². The fraction of sp³-hybridized carbons (Fsp3) is 0.333. The molecular weight excluding hydrogens is 330 g/mol. The molecule has 0 atom stereocenters. The molecule has 5 nitrogen and oxygen atoms in total. The highest BCUT2D eigenvalue weighted by Gasteiger charge is 2.08. The monoisotopic (exact) mass is 343 g/mol. The quantitative estimate of drug-likeness (QED) is 0.874. The molecule has 0 saturated carbocycles. The molecule has 0 radical (unpaired) electrons. The number of ether oxygens (including phenoxy) is 1. The summed E-state index contributed by atoms with van der Waals surface area (Å²) in [6, 6.07) is 2.04. The van der Waals surface area contributed by atoms with Crippen LogP contribution in [-0.2, 0) is 17.8 Å². The highest BCUT2D eigenvalue weighted by atomic mass is 79.9. The Bertz CT molecular complexity index is 583. The largest absolute Gasteiger partial charge is 0.383 e. The second kappa shape index (κ2) is 6.83. The van der Waals surface area contributed by atoms with Crippen molar-refractivity contribution in [3.8, 4) is 0 Å². The number of hydrogen-bond acceptors (Lipinski definition) is 5. The third-order valence-electron chi connectivity index (χ3n) is 2.56. The highest BCUT2D eigenvalue weighted by molar-refractivity contribution is 9.10. The van der Waals surface area contributed by atoms with Gasteiger partial charge in [-0.15, -0.1) is 0 Å². The number of halogens is 1. The van der Waals surface area contributed by atoms with E-state index in [2.05, 4.69) is 31.7 Å². The molecule has 0 bridgehead atoms. The van der Waals surface area contributed by atoms with Gasteiger partial charge < -0.3 is 10.1 Å². The van der Waals surface area contributed by atoms with E-state index >= 15 is 0 Å². The van der Waals surface area contributed by atoms with Crippen molar-refractivity contribution in [1.29, 1.82) is 0 Å². The number of aromatic nitrogens is 2. The van der Waals surface area contributed by atoms with Crippen molar-refractivity contribution in [3.05, 3.63) is 43.4 Å². The molecule has 2 aromatic heterocycles. The number of rotatable bonds is 6. The minimum absolute atomic E-state index is 0.160. The van der Waals surface area contributed by atoms with Gasteiger partial charge in [-0.2, -0.15) is 16.4 Å². The Morgan fingerprint density at radius 2 is 2.42 bits per heavy atom. The minimum Gasteiger partial charge on any atom is -0.383 e. The molecule has 0 aliphatic carbocycles. The molecule has 7 heteroatoms. The lowest BCUT2D eigenvalue weighted by atomic mass is 10.3. The number of nitrogens with zero attached hydrogens (tertiary/aromatic N) is 2. The van der Waals surface area contributed by atoms with E-state index in [1.54, 1.807) is 24.6 Å². The van der Waals surface area contributed by atoms with Gasteiger partial charge in [-0.05, 0) is 38.3 Å². The number of hydrogen-bond donors (Lipinski definition) is 1. The van der Waals surface area contributed by atoms with E-state index in [0.717, 1.165) is 0 Å². The maximum absolute atomic E-state index is 12.0. The van der Waals surface area contributed by atoms with E-state index in [9.17, 15) is 4.79 Å². The van der Waals surface area contributed by atoms with Crippen molar-refractivity contribution in [2.45, 2.75) is 13.1 Å². The van der Waals surface area contributed by atoms with Crippen LogP contribution >= 0.6 is 27.3 Å². The first-order chi connectivity index (χ1) is 9.22. The summed E-state index contributed by atoms with van der Waals surface area (Å²) in [6.45, 7) is 1.57. The van der Waals surface area contributed by atoms with Crippen LogP contribution in [0.5, 0.6) is 0 Å². The van der Waals surface area contributed by atoms with Gasteiger partial charge in [0.05, 0.1) is 25.0 Å². The van der Waals surface area contributed by atoms with Crippen molar-refractivity contribution < 1.29 is 4.74 Å². The molecule has 0 aromatic carbocycles. The van der Waals surface area contributed by atoms with Crippen molar-refractivity contribution in [3.63, 3.8) is 0 Å². The van der Waals surface area contributed by atoms with Gasteiger partial charge in [0, 0.05) is 13.7 Å². The Morgan fingerprint density at radius 1 is 1.58 bits per heavy atom. The van der Waals surface area contributed by atoms with E-state index in [1.807, 2.05) is 11.4 Å². The van der Waals surface area contributed by atoms with Crippen molar-refractivity contribution in [2.24, 2.45) is 0 Å². The van der Waals surface area contributed by atoms with E-state index in [1.165, 1.54) is 10.2 Å². The molecule has 2 rings (SSSR count). The minimum atomic E-state index is -0.160.